The van der Waals surface area contributed by atoms with Crippen LogP contribution in [0.4, 0.5) is 0 Å². The van der Waals surface area contributed by atoms with Crippen LogP contribution in [-0.4, -0.2) is 24.3 Å². The third-order valence-electron chi connectivity index (χ3n) is 4.00. The van der Waals surface area contributed by atoms with Gasteiger partial charge in [0.1, 0.15) is 0 Å². The van der Waals surface area contributed by atoms with E-state index in [0.29, 0.717) is 12.6 Å². The molecule has 2 unspecified atom stereocenters. The first-order valence-corrected chi connectivity index (χ1v) is 7.45. The lowest BCUT2D eigenvalue weighted by molar-refractivity contribution is 0.256. The minimum atomic E-state index is 0.190. The van der Waals surface area contributed by atoms with Crippen LogP contribution in [0.3, 0.4) is 0 Å². The number of rotatable bonds is 8. The lowest BCUT2D eigenvalue weighted by atomic mass is 10.00. The van der Waals surface area contributed by atoms with E-state index in [1.165, 1.54) is 24.0 Å². The maximum Gasteiger partial charge on any atom is 0.0446 e. The van der Waals surface area contributed by atoms with Gasteiger partial charge in [0.2, 0.25) is 0 Å². The van der Waals surface area contributed by atoms with Crippen molar-refractivity contribution in [1.82, 2.24) is 5.32 Å². The fourth-order valence-corrected chi connectivity index (χ4v) is 2.59. The molecule has 0 radical (unpaired) electrons. The number of benzene rings is 1. The average molecular weight is 262 g/mol. The van der Waals surface area contributed by atoms with Crippen molar-refractivity contribution in [2.24, 2.45) is 5.73 Å². The van der Waals surface area contributed by atoms with E-state index >= 15 is 0 Å². The van der Waals surface area contributed by atoms with Crippen molar-refractivity contribution in [3.05, 3.63) is 35.4 Å². The van der Waals surface area contributed by atoms with Crippen molar-refractivity contribution in [1.29, 1.82) is 0 Å². The summed E-state index contributed by atoms with van der Waals surface area (Å²) in [6, 6.07) is 9.34. The molecule has 1 aliphatic rings. The molecule has 1 saturated carbocycles. The van der Waals surface area contributed by atoms with Crippen molar-refractivity contribution in [3.8, 4) is 0 Å². The molecule has 1 aromatic carbocycles. The van der Waals surface area contributed by atoms with E-state index in [1.54, 1.807) is 0 Å². The summed E-state index contributed by atoms with van der Waals surface area (Å²) in [7, 11) is 0. The second-order valence-electron chi connectivity index (χ2n) is 5.52. The Bertz CT molecular complexity index is 390. The van der Waals surface area contributed by atoms with Gasteiger partial charge < -0.3 is 16.2 Å². The molecule has 3 heteroatoms. The van der Waals surface area contributed by atoms with Gasteiger partial charge in [-0.25, -0.2) is 0 Å². The van der Waals surface area contributed by atoms with Gasteiger partial charge in [-0.15, -0.1) is 0 Å². The van der Waals surface area contributed by atoms with Crippen molar-refractivity contribution < 1.29 is 5.11 Å². The molecule has 3 nitrogen and oxygen atoms in total. The van der Waals surface area contributed by atoms with Crippen LogP contribution in [0.1, 0.15) is 55.7 Å². The van der Waals surface area contributed by atoms with Gasteiger partial charge in [-0.3, -0.25) is 0 Å². The molecule has 1 aromatic rings. The Morgan fingerprint density at radius 1 is 1.42 bits per heavy atom. The van der Waals surface area contributed by atoms with E-state index in [1.807, 2.05) is 0 Å². The molecular formula is C16H26N2O. The van der Waals surface area contributed by atoms with Crippen LogP contribution in [0, 0.1) is 0 Å². The van der Waals surface area contributed by atoms with E-state index in [4.69, 9.17) is 10.8 Å². The van der Waals surface area contributed by atoms with Crippen LogP contribution >= 0.6 is 0 Å². The minimum absolute atomic E-state index is 0.190. The molecule has 2 atom stereocenters. The number of aliphatic hydroxyl groups is 1. The zero-order valence-corrected chi connectivity index (χ0v) is 11.8. The summed E-state index contributed by atoms with van der Waals surface area (Å²) in [6.45, 7) is 2.96. The zero-order valence-electron chi connectivity index (χ0n) is 11.8. The van der Waals surface area contributed by atoms with Gasteiger partial charge in [0.25, 0.3) is 0 Å². The van der Waals surface area contributed by atoms with E-state index in [2.05, 4.69) is 36.5 Å². The molecule has 0 aliphatic heterocycles. The van der Waals surface area contributed by atoms with Crippen LogP contribution in [-0.2, 0) is 0 Å². The van der Waals surface area contributed by atoms with Gasteiger partial charge in [-0.1, -0.05) is 31.2 Å². The van der Waals surface area contributed by atoms with Crippen molar-refractivity contribution in [2.75, 3.05) is 13.2 Å². The Hall–Kier alpha value is -0.900. The van der Waals surface area contributed by atoms with E-state index in [-0.39, 0.29) is 12.6 Å². The monoisotopic (exact) mass is 262 g/mol. The topological polar surface area (TPSA) is 58.3 Å². The highest BCUT2D eigenvalue weighted by molar-refractivity contribution is 5.31. The standard InChI is InChI=1S/C16H26N2O/c1-2-15(8-9-19)18-16(11-17)14-5-3-4-13(10-14)12-6-7-12/h3-5,10,12,15-16,18-19H,2,6-9,11,17H2,1H3. The Labute approximate surface area is 116 Å². The molecule has 19 heavy (non-hydrogen) atoms. The van der Waals surface area contributed by atoms with Crippen molar-refractivity contribution >= 4 is 0 Å². The van der Waals surface area contributed by atoms with Gasteiger partial charge >= 0.3 is 0 Å². The number of aliphatic hydroxyl groups excluding tert-OH is 1. The molecule has 0 bridgehead atoms. The molecule has 1 aliphatic carbocycles. The lowest BCUT2D eigenvalue weighted by Gasteiger charge is -2.24. The quantitative estimate of drug-likeness (QED) is 0.674. The largest absolute Gasteiger partial charge is 0.396 e. The van der Waals surface area contributed by atoms with Gasteiger partial charge in [-0.2, -0.15) is 0 Å². The second kappa shape index (κ2) is 7.04. The summed E-state index contributed by atoms with van der Waals surface area (Å²) in [5.74, 6) is 0.776. The van der Waals surface area contributed by atoms with Gasteiger partial charge in [0.15, 0.2) is 0 Å². The Kier molecular flexibility index (Phi) is 5.37. The van der Waals surface area contributed by atoms with Gasteiger partial charge in [0, 0.05) is 25.2 Å². The first kappa shape index (κ1) is 14.5. The fraction of sp³-hybridized carbons (Fsp3) is 0.625. The smallest absolute Gasteiger partial charge is 0.0446 e. The fourth-order valence-electron chi connectivity index (χ4n) is 2.59. The van der Waals surface area contributed by atoms with Gasteiger partial charge in [-0.05, 0) is 42.7 Å². The molecule has 4 N–H and O–H groups in total. The highest BCUT2D eigenvalue weighted by Gasteiger charge is 2.24. The molecule has 0 saturated heterocycles. The van der Waals surface area contributed by atoms with E-state index in [9.17, 15) is 0 Å². The SMILES string of the molecule is CCC(CCO)NC(CN)c1cccc(C2CC2)c1. The average Bonchev–Trinajstić information content (AvgIpc) is 3.28. The van der Waals surface area contributed by atoms with Crippen LogP contribution in [0.25, 0.3) is 0 Å². The third kappa shape index (κ3) is 4.03. The van der Waals surface area contributed by atoms with Crippen LogP contribution < -0.4 is 11.1 Å². The summed E-state index contributed by atoms with van der Waals surface area (Å²) in [5, 5.41) is 12.7. The van der Waals surface area contributed by atoms with Crippen LogP contribution in [0.2, 0.25) is 0 Å². The highest BCUT2D eigenvalue weighted by atomic mass is 16.3. The van der Waals surface area contributed by atoms with Gasteiger partial charge in [0.05, 0.1) is 0 Å². The first-order chi connectivity index (χ1) is 9.28. The Morgan fingerprint density at radius 2 is 2.21 bits per heavy atom. The third-order valence-corrected chi connectivity index (χ3v) is 4.00. The van der Waals surface area contributed by atoms with Crippen LogP contribution in [0.15, 0.2) is 24.3 Å². The normalized spacial score (nSPS) is 18.3. The summed E-state index contributed by atoms with van der Waals surface area (Å²) >= 11 is 0. The molecule has 0 heterocycles. The summed E-state index contributed by atoms with van der Waals surface area (Å²) in [4.78, 5) is 0. The summed E-state index contributed by atoms with van der Waals surface area (Å²) < 4.78 is 0. The number of nitrogens with one attached hydrogen (secondary N) is 1. The molecule has 106 valence electrons. The van der Waals surface area contributed by atoms with E-state index in [0.717, 1.165) is 18.8 Å². The van der Waals surface area contributed by atoms with Crippen LogP contribution in [0.5, 0.6) is 0 Å². The van der Waals surface area contributed by atoms with Crippen molar-refractivity contribution in [3.63, 3.8) is 0 Å². The maximum atomic E-state index is 9.08. The van der Waals surface area contributed by atoms with E-state index < -0.39 is 0 Å². The summed E-state index contributed by atoms with van der Waals surface area (Å²) in [6.07, 6.45) is 4.45. The zero-order chi connectivity index (χ0) is 13.7. The molecule has 1 fully saturated rings. The highest BCUT2D eigenvalue weighted by Crippen LogP contribution is 2.40. The number of hydrogen-bond acceptors (Lipinski definition) is 3. The molecule has 0 spiro atoms. The molecule has 0 aromatic heterocycles. The Balaban J connectivity index is 2.05. The second-order valence-corrected chi connectivity index (χ2v) is 5.52. The maximum absolute atomic E-state index is 9.08. The minimum Gasteiger partial charge on any atom is -0.396 e. The number of hydrogen-bond donors (Lipinski definition) is 3. The predicted molar refractivity (Wildman–Crippen MR) is 79.1 cm³/mol. The van der Waals surface area contributed by atoms with Crippen molar-refractivity contribution in [2.45, 2.75) is 50.6 Å². The first-order valence-electron chi connectivity index (χ1n) is 7.45. The molecule has 2 rings (SSSR count). The lowest BCUT2D eigenvalue weighted by Crippen LogP contribution is -2.37. The Morgan fingerprint density at radius 3 is 2.79 bits per heavy atom. The molecule has 0 amide bonds. The molecular weight excluding hydrogens is 236 g/mol. The summed E-state index contributed by atoms with van der Waals surface area (Å²) in [5.41, 5.74) is 8.65. The predicted octanol–water partition coefficient (Wildman–Crippen LogP) is 2.31. The number of nitrogens with two attached hydrogens (primary N) is 1.